The highest BCUT2D eigenvalue weighted by Gasteiger charge is 2.37. The van der Waals surface area contributed by atoms with Gasteiger partial charge in [0.2, 0.25) is 5.91 Å². The number of carbonyl (C=O) groups is 1. The summed E-state index contributed by atoms with van der Waals surface area (Å²) in [6, 6.07) is 6.20. The predicted molar refractivity (Wildman–Crippen MR) is 85.7 cm³/mol. The van der Waals surface area contributed by atoms with E-state index in [1.807, 2.05) is 13.0 Å². The maximum absolute atomic E-state index is 13.2. The Morgan fingerprint density at radius 1 is 1.55 bits per heavy atom. The highest BCUT2D eigenvalue weighted by molar-refractivity contribution is 5.81. The summed E-state index contributed by atoms with van der Waals surface area (Å²) in [5.74, 6) is -0.213. The van der Waals surface area contributed by atoms with Crippen LogP contribution >= 0.6 is 0 Å². The van der Waals surface area contributed by atoms with E-state index in [1.54, 1.807) is 18.0 Å². The zero-order valence-corrected chi connectivity index (χ0v) is 13.7. The SMILES string of the molecule is CC(C(=O)N(C)Cc1cccc(F)c1)N1CCC(C)(CN)C1. The summed E-state index contributed by atoms with van der Waals surface area (Å²) >= 11 is 0. The topological polar surface area (TPSA) is 49.6 Å². The van der Waals surface area contributed by atoms with E-state index in [0.29, 0.717) is 13.1 Å². The van der Waals surface area contributed by atoms with Crippen molar-refractivity contribution in [3.05, 3.63) is 35.6 Å². The molecule has 2 N–H and O–H groups in total. The average molecular weight is 307 g/mol. The number of benzene rings is 1. The summed E-state index contributed by atoms with van der Waals surface area (Å²) in [4.78, 5) is 16.4. The first kappa shape index (κ1) is 16.9. The number of nitrogens with zero attached hydrogens (tertiary/aromatic N) is 2. The molecule has 1 heterocycles. The number of likely N-dealkylation sites (N-methyl/N-ethyl adjacent to an activating group) is 1. The molecule has 0 aromatic heterocycles. The molecule has 122 valence electrons. The highest BCUT2D eigenvalue weighted by Crippen LogP contribution is 2.30. The van der Waals surface area contributed by atoms with E-state index in [-0.39, 0.29) is 23.2 Å². The lowest BCUT2D eigenvalue weighted by molar-refractivity contribution is -0.135. The number of hydrogen-bond donors (Lipinski definition) is 1. The van der Waals surface area contributed by atoms with Crippen molar-refractivity contribution in [2.75, 3.05) is 26.7 Å². The van der Waals surface area contributed by atoms with Gasteiger partial charge < -0.3 is 10.6 Å². The third-order valence-corrected chi connectivity index (χ3v) is 4.67. The smallest absolute Gasteiger partial charge is 0.239 e. The van der Waals surface area contributed by atoms with Crippen molar-refractivity contribution < 1.29 is 9.18 Å². The van der Waals surface area contributed by atoms with Crippen molar-refractivity contribution in [1.82, 2.24) is 9.80 Å². The number of hydrogen-bond acceptors (Lipinski definition) is 3. The van der Waals surface area contributed by atoms with Crippen LogP contribution in [0, 0.1) is 11.2 Å². The van der Waals surface area contributed by atoms with E-state index < -0.39 is 0 Å². The maximum Gasteiger partial charge on any atom is 0.239 e. The minimum Gasteiger partial charge on any atom is -0.340 e. The first-order chi connectivity index (χ1) is 10.3. The van der Waals surface area contributed by atoms with Crippen molar-refractivity contribution in [2.24, 2.45) is 11.1 Å². The molecule has 1 amide bonds. The quantitative estimate of drug-likeness (QED) is 0.903. The van der Waals surface area contributed by atoms with E-state index in [0.717, 1.165) is 25.1 Å². The Bertz CT molecular complexity index is 536. The monoisotopic (exact) mass is 307 g/mol. The second-order valence-electron chi connectivity index (χ2n) is 6.74. The Morgan fingerprint density at radius 2 is 2.27 bits per heavy atom. The van der Waals surface area contributed by atoms with Crippen LogP contribution in [-0.2, 0) is 11.3 Å². The molecule has 4 nitrogen and oxygen atoms in total. The Hall–Kier alpha value is -1.46. The van der Waals surface area contributed by atoms with Crippen molar-refractivity contribution in [3.63, 3.8) is 0 Å². The second kappa shape index (κ2) is 6.75. The molecule has 0 aliphatic carbocycles. The van der Waals surface area contributed by atoms with E-state index in [9.17, 15) is 9.18 Å². The van der Waals surface area contributed by atoms with E-state index >= 15 is 0 Å². The van der Waals surface area contributed by atoms with Crippen molar-refractivity contribution in [1.29, 1.82) is 0 Å². The van der Waals surface area contributed by atoms with Gasteiger partial charge in [-0.1, -0.05) is 19.1 Å². The third kappa shape index (κ3) is 3.84. The van der Waals surface area contributed by atoms with E-state index in [2.05, 4.69) is 11.8 Å². The van der Waals surface area contributed by atoms with Gasteiger partial charge in [-0.15, -0.1) is 0 Å². The molecule has 1 fully saturated rings. The molecular formula is C17H26FN3O. The van der Waals surface area contributed by atoms with Crippen LogP contribution < -0.4 is 5.73 Å². The van der Waals surface area contributed by atoms with Crippen LogP contribution in [0.2, 0.25) is 0 Å². The van der Waals surface area contributed by atoms with Crippen LogP contribution in [-0.4, -0.2) is 48.4 Å². The standard InChI is InChI=1S/C17H26FN3O/c1-13(21-8-7-17(2,11-19)12-21)16(22)20(3)10-14-5-4-6-15(18)9-14/h4-6,9,13H,7-8,10-12,19H2,1-3H3. The van der Waals surface area contributed by atoms with Gasteiger partial charge >= 0.3 is 0 Å². The lowest BCUT2D eigenvalue weighted by atomic mass is 9.90. The first-order valence-electron chi connectivity index (χ1n) is 7.78. The molecule has 2 atom stereocenters. The van der Waals surface area contributed by atoms with E-state index in [4.69, 9.17) is 5.73 Å². The van der Waals surface area contributed by atoms with Gasteiger partial charge in [-0.05, 0) is 49.5 Å². The van der Waals surface area contributed by atoms with Crippen LogP contribution in [0.4, 0.5) is 4.39 Å². The molecule has 1 aliphatic rings. The molecule has 22 heavy (non-hydrogen) atoms. The van der Waals surface area contributed by atoms with Crippen LogP contribution in [0.1, 0.15) is 25.8 Å². The molecule has 1 saturated heterocycles. The van der Waals surface area contributed by atoms with Crippen molar-refractivity contribution >= 4 is 5.91 Å². The zero-order valence-electron chi connectivity index (χ0n) is 13.7. The number of likely N-dealkylation sites (tertiary alicyclic amines) is 1. The molecule has 1 aliphatic heterocycles. The first-order valence-corrected chi connectivity index (χ1v) is 7.78. The maximum atomic E-state index is 13.2. The summed E-state index contributed by atoms with van der Waals surface area (Å²) in [6.45, 7) is 6.92. The van der Waals surface area contributed by atoms with Crippen molar-refractivity contribution in [3.8, 4) is 0 Å². The number of nitrogens with two attached hydrogens (primary N) is 1. The molecule has 1 aromatic carbocycles. The average Bonchev–Trinajstić information content (AvgIpc) is 2.89. The van der Waals surface area contributed by atoms with Crippen LogP contribution in [0.3, 0.4) is 0 Å². The molecule has 1 aromatic rings. The molecular weight excluding hydrogens is 281 g/mol. The minimum atomic E-state index is -0.273. The fraction of sp³-hybridized carbons (Fsp3) is 0.588. The number of carbonyl (C=O) groups excluding carboxylic acids is 1. The number of rotatable bonds is 5. The lowest BCUT2D eigenvalue weighted by Gasteiger charge is -2.29. The van der Waals surface area contributed by atoms with Gasteiger partial charge in [0.15, 0.2) is 0 Å². The molecule has 0 radical (unpaired) electrons. The Kier molecular flexibility index (Phi) is 5.19. The largest absolute Gasteiger partial charge is 0.340 e. The lowest BCUT2D eigenvalue weighted by Crippen LogP contribution is -2.45. The summed E-state index contributed by atoms with van der Waals surface area (Å²) in [6.07, 6.45) is 1.02. The summed E-state index contributed by atoms with van der Waals surface area (Å²) in [7, 11) is 1.77. The van der Waals surface area contributed by atoms with Gasteiger partial charge in [0.25, 0.3) is 0 Å². The fourth-order valence-electron chi connectivity index (χ4n) is 3.02. The third-order valence-electron chi connectivity index (χ3n) is 4.67. The Morgan fingerprint density at radius 3 is 2.86 bits per heavy atom. The molecule has 0 saturated carbocycles. The Balaban J connectivity index is 1.95. The fourth-order valence-corrected chi connectivity index (χ4v) is 3.02. The Labute approximate surface area is 132 Å². The van der Waals surface area contributed by atoms with Crippen LogP contribution in [0.25, 0.3) is 0 Å². The predicted octanol–water partition coefficient (Wildman–Crippen LogP) is 1.84. The van der Waals surface area contributed by atoms with Gasteiger partial charge in [-0.3, -0.25) is 9.69 Å². The molecule has 2 unspecified atom stereocenters. The van der Waals surface area contributed by atoms with Crippen LogP contribution in [0.5, 0.6) is 0 Å². The molecule has 0 spiro atoms. The normalized spacial score (nSPS) is 23.5. The van der Waals surface area contributed by atoms with Crippen molar-refractivity contribution in [2.45, 2.75) is 32.9 Å². The number of amides is 1. The van der Waals surface area contributed by atoms with Gasteiger partial charge in [0, 0.05) is 20.1 Å². The van der Waals surface area contributed by atoms with Gasteiger partial charge in [-0.25, -0.2) is 4.39 Å². The summed E-state index contributed by atoms with van der Waals surface area (Å²) < 4.78 is 13.2. The van der Waals surface area contributed by atoms with Gasteiger partial charge in [0.1, 0.15) is 5.82 Å². The summed E-state index contributed by atoms with van der Waals surface area (Å²) in [5, 5.41) is 0. The minimum absolute atomic E-state index is 0.0607. The highest BCUT2D eigenvalue weighted by atomic mass is 19.1. The molecule has 5 heteroatoms. The van der Waals surface area contributed by atoms with Gasteiger partial charge in [-0.2, -0.15) is 0 Å². The molecule has 2 rings (SSSR count). The zero-order chi connectivity index (χ0) is 16.3. The molecule has 0 bridgehead atoms. The van der Waals surface area contributed by atoms with Gasteiger partial charge in [0.05, 0.1) is 6.04 Å². The van der Waals surface area contributed by atoms with Crippen LogP contribution in [0.15, 0.2) is 24.3 Å². The summed E-state index contributed by atoms with van der Waals surface area (Å²) in [5.41, 5.74) is 6.73. The second-order valence-corrected chi connectivity index (χ2v) is 6.74. The van der Waals surface area contributed by atoms with E-state index in [1.165, 1.54) is 12.1 Å². The number of halogens is 1.